The maximum Gasteiger partial charge on any atom is 0.333 e. The number of carbonyl (C=O) groups is 1. The summed E-state index contributed by atoms with van der Waals surface area (Å²) < 4.78 is 5.46. The molecule has 0 radical (unpaired) electrons. The molecule has 0 heterocycles. The van der Waals surface area contributed by atoms with Crippen LogP contribution >= 0.6 is 0 Å². The smallest absolute Gasteiger partial charge is 0.333 e. The van der Waals surface area contributed by atoms with Crippen LogP contribution in [0.5, 0.6) is 0 Å². The molecule has 3 heteroatoms. The van der Waals surface area contributed by atoms with Gasteiger partial charge >= 0.3 is 5.97 Å². The fourth-order valence-corrected chi connectivity index (χ4v) is 2.35. The van der Waals surface area contributed by atoms with Gasteiger partial charge in [-0.3, -0.25) is 0 Å². The Morgan fingerprint density at radius 2 is 2.00 bits per heavy atom. The van der Waals surface area contributed by atoms with Crippen molar-refractivity contribution in [3.63, 3.8) is 0 Å². The van der Waals surface area contributed by atoms with Gasteiger partial charge in [0.1, 0.15) is 6.10 Å². The van der Waals surface area contributed by atoms with Crippen LogP contribution in [0.2, 0.25) is 0 Å². The molecular formula is C14H24O3. The summed E-state index contributed by atoms with van der Waals surface area (Å²) in [4.78, 5) is 11.7. The first-order valence-electron chi connectivity index (χ1n) is 6.66. The van der Waals surface area contributed by atoms with E-state index in [1.54, 1.807) is 0 Å². The lowest BCUT2D eigenvalue weighted by Gasteiger charge is -2.27. The molecule has 17 heavy (non-hydrogen) atoms. The number of hydrogen-bond donors (Lipinski definition) is 1. The lowest BCUT2D eigenvalue weighted by molar-refractivity contribution is -0.146. The third kappa shape index (κ3) is 4.90. The van der Waals surface area contributed by atoms with Crippen molar-refractivity contribution in [1.29, 1.82) is 0 Å². The van der Waals surface area contributed by atoms with Gasteiger partial charge in [-0.15, -0.1) is 0 Å². The van der Waals surface area contributed by atoms with Gasteiger partial charge in [0, 0.05) is 12.2 Å². The van der Waals surface area contributed by atoms with E-state index in [-0.39, 0.29) is 18.7 Å². The normalized spacial score (nSPS) is 25.7. The largest absolute Gasteiger partial charge is 0.459 e. The topological polar surface area (TPSA) is 46.5 Å². The molecule has 0 aromatic carbocycles. The van der Waals surface area contributed by atoms with E-state index in [9.17, 15) is 4.79 Å². The quantitative estimate of drug-likeness (QED) is 0.593. The second-order valence-corrected chi connectivity index (χ2v) is 4.86. The molecule has 0 aromatic heterocycles. The maximum atomic E-state index is 11.7. The van der Waals surface area contributed by atoms with Crippen molar-refractivity contribution in [3.8, 4) is 0 Å². The molecule has 0 atom stereocenters. The summed E-state index contributed by atoms with van der Waals surface area (Å²) in [6, 6.07) is 0. The third-order valence-electron chi connectivity index (χ3n) is 3.44. The highest BCUT2D eigenvalue weighted by molar-refractivity contribution is 5.87. The summed E-state index contributed by atoms with van der Waals surface area (Å²) >= 11 is 0. The van der Waals surface area contributed by atoms with E-state index in [4.69, 9.17) is 9.84 Å². The van der Waals surface area contributed by atoms with E-state index in [2.05, 4.69) is 0 Å². The Balaban J connectivity index is 2.30. The summed E-state index contributed by atoms with van der Waals surface area (Å²) in [5.74, 6) is 0.444. The molecule has 1 N–H and O–H groups in total. The Morgan fingerprint density at radius 3 is 2.53 bits per heavy atom. The molecule has 0 amide bonds. The summed E-state index contributed by atoms with van der Waals surface area (Å²) in [6.07, 6.45) is 7.74. The minimum atomic E-state index is -0.169. The Morgan fingerprint density at radius 1 is 1.35 bits per heavy atom. The predicted molar refractivity (Wildman–Crippen MR) is 67.6 cm³/mol. The van der Waals surface area contributed by atoms with Gasteiger partial charge in [0.2, 0.25) is 0 Å². The van der Waals surface area contributed by atoms with Crippen LogP contribution in [0.4, 0.5) is 0 Å². The average Bonchev–Trinajstić information content (AvgIpc) is 2.32. The Bertz CT molecular complexity index is 263. The number of esters is 1. The van der Waals surface area contributed by atoms with Gasteiger partial charge in [-0.05, 0) is 51.4 Å². The molecule has 0 spiro atoms. The van der Waals surface area contributed by atoms with Gasteiger partial charge in [-0.25, -0.2) is 4.79 Å². The van der Waals surface area contributed by atoms with Crippen molar-refractivity contribution >= 4 is 5.97 Å². The maximum absolute atomic E-state index is 11.7. The van der Waals surface area contributed by atoms with Crippen molar-refractivity contribution < 1.29 is 14.6 Å². The number of aliphatic hydroxyl groups excluding tert-OH is 1. The number of allylic oxidation sites excluding steroid dienone is 1. The van der Waals surface area contributed by atoms with Crippen LogP contribution in [0, 0.1) is 5.92 Å². The number of ether oxygens (including phenoxy) is 1. The summed E-state index contributed by atoms with van der Waals surface area (Å²) in [6.45, 7) is 4.09. The summed E-state index contributed by atoms with van der Waals surface area (Å²) in [7, 11) is 0. The predicted octanol–water partition coefficient (Wildman–Crippen LogP) is 2.83. The second kappa shape index (κ2) is 7.49. The van der Waals surface area contributed by atoms with E-state index in [1.165, 1.54) is 0 Å². The highest BCUT2D eigenvalue weighted by atomic mass is 16.5. The summed E-state index contributed by atoms with van der Waals surface area (Å²) in [5, 5.41) is 8.87. The number of aliphatic hydroxyl groups is 1. The lowest BCUT2D eigenvalue weighted by atomic mass is 9.85. The highest BCUT2D eigenvalue weighted by Gasteiger charge is 2.23. The molecule has 0 saturated heterocycles. The first kappa shape index (κ1) is 14.2. The van der Waals surface area contributed by atoms with Crippen molar-refractivity contribution in [2.75, 3.05) is 6.61 Å². The minimum Gasteiger partial charge on any atom is -0.459 e. The third-order valence-corrected chi connectivity index (χ3v) is 3.44. The van der Waals surface area contributed by atoms with Gasteiger partial charge in [0.05, 0.1) is 0 Å². The van der Waals surface area contributed by atoms with Crippen LogP contribution in [-0.2, 0) is 9.53 Å². The first-order valence-corrected chi connectivity index (χ1v) is 6.66. The molecule has 0 aliphatic heterocycles. The monoisotopic (exact) mass is 240 g/mol. The van der Waals surface area contributed by atoms with E-state index < -0.39 is 0 Å². The van der Waals surface area contributed by atoms with Gasteiger partial charge in [-0.2, -0.15) is 0 Å². The van der Waals surface area contributed by atoms with Crippen molar-refractivity contribution in [2.45, 2.75) is 58.5 Å². The van der Waals surface area contributed by atoms with Crippen LogP contribution in [0.1, 0.15) is 52.4 Å². The van der Waals surface area contributed by atoms with Crippen LogP contribution < -0.4 is 0 Å². The van der Waals surface area contributed by atoms with E-state index in [0.717, 1.165) is 38.5 Å². The van der Waals surface area contributed by atoms with Crippen LogP contribution in [0.25, 0.3) is 0 Å². The van der Waals surface area contributed by atoms with E-state index >= 15 is 0 Å². The van der Waals surface area contributed by atoms with Gasteiger partial charge < -0.3 is 9.84 Å². The van der Waals surface area contributed by atoms with Gasteiger partial charge in [-0.1, -0.05) is 13.0 Å². The van der Waals surface area contributed by atoms with Gasteiger partial charge in [0.25, 0.3) is 0 Å². The van der Waals surface area contributed by atoms with Crippen molar-refractivity contribution in [1.82, 2.24) is 0 Å². The Kier molecular flexibility index (Phi) is 6.27. The Labute approximate surface area is 104 Å². The first-order chi connectivity index (χ1) is 8.17. The molecule has 1 rings (SSSR count). The summed E-state index contributed by atoms with van der Waals surface area (Å²) in [5.41, 5.74) is 0.713. The average molecular weight is 240 g/mol. The fraction of sp³-hybridized carbons (Fsp3) is 0.786. The molecule has 3 nitrogen and oxygen atoms in total. The zero-order valence-corrected chi connectivity index (χ0v) is 10.9. The van der Waals surface area contributed by atoms with E-state index in [1.807, 2.05) is 19.9 Å². The standard InChI is InChI=1S/C14H24O3/c1-3-4-11(2)14(16)17-13-7-5-12(6-8-13)9-10-15/h4,12-13,15H,3,5-10H2,1-2H3. The molecule has 0 bridgehead atoms. The van der Waals surface area contributed by atoms with Crippen LogP contribution in [0.15, 0.2) is 11.6 Å². The molecule has 0 unspecified atom stereocenters. The van der Waals surface area contributed by atoms with Crippen molar-refractivity contribution in [2.24, 2.45) is 5.92 Å². The second-order valence-electron chi connectivity index (χ2n) is 4.86. The number of rotatable bonds is 5. The van der Waals surface area contributed by atoms with Crippen LogP contribution in [0.3, 0.4) is 0 Å². The molecule has 0 aromatic rings. The highest BCUT2D eigenvalue weighted by Crippen LogP contribution is 2.28. The molecular weight excluding hydrogens is 216 g/mol. The molecule has 1 fully saturated rings. The number of hydrogen-bond acceptors (Lipinski definition) is 3. The van der Waals surface area contributed by atoms with Crippen LogP contribution in [-0.4, -0.2) is 23.8 Å². The zero-order valence-electron chi connectivity index (χ0n) is 10.9. The molecule has 1 aliphatic rings. The lowest BCUT2D eigenvalue weighted by Crippen LogP contribution is -2.25. The fourth-order valence-electron chi connectivity index (χ4n) is 2.35. The Hall–Kier alpha value is -0.830. The van der Waals surface area contributed by atoms with Gasteiger partial charge in [0.15, 0.2) is 0 Å². The molecule has 1 saturated carbocycles. The molecule has 1 aliphatic carbocycles. The van der Waals surface area contributed by atoms with E-state index in [0.29, 0.717) is 11.5 Å². The minimum absolute atomic E-state index is 0.0812. The SMILES string of the molecule is CCC=C(C)C(=O)OC1CCC(CCO)CC1. The number of carbonyl (C=O) groups excluding carboxylic acids is 1. The van der Waals surface area contributed by atoms with Crippen molar-refractivity contribution in [3.05, 3.63) is 11.6 Å². The molecule has 98 valence electrons. The zero-order chi connectivity index (χ0) is 12.7.